The second-order valence-corrected chi connectivity index (χ2v) is 6.51. The molecule has 0 fully saturated rings. The van der Waals surface area contributed by atoms with Gasteiger partial charge in [-0.1, -0.05) is 17.8 Å². The molecule has 1 heterocycles. The molecule has 1 aromatic heterocycles. The molecule has 0 unspecified atom stereocenters. The zero-order valence-electron chi connectivity index (χ0n) is 14.7. The summed E-state index contributed by atoms with van der Waals surface area (Å²) in [4.78, 5) is 8.46. The molecule has 0 amide bonds. The minimum Gasteiger partial charge on any atom is -0.496 e. The van der Waals surface area contributed by atoms with Gasteiger partial charge in [0.2, 0.25) is 0 Å². The molecule has 8 heteroatoms. The Kier molecular flexibility index (Phi) is 8.04. The molecule has 0 aliphatic heterocycles. The Hall–Kier alpha value is -2.45. The molecule has 26 heavy (non-hydrogen) atoms. The zero-order valence-corrected chi connectivity index (χ0v) is 16.4. The number of rotatable bonds is 8. The first kappa shape index (κ1) is 19.9. The van der Waals surface area contributed by atoms with Crippen molar-refractivity contribution in [3.8, 4) is 5.75 Å². The molecule has 0 saturated heterocycles. The number of hydrogen-bond acceptors (Lipinski definition) is 6. The van der Waals surface area contributed by atoms with Gasteiger partial charge in [0.25, 0.3) is 0 Å². The van der Waals surface area contributed by atoms with Crippen LogP contribution in [0.3, 0.4) is 0 Å². The van der Waals surface area contributed by atoms with Crippen LogP contribution < -0.4 is 15.5 Å². The maximum absolute atomic E-state index is 5.46. The molecule has 0 atom stereocenters. The van der Waals surface area contributed by atoms with Gasteiger partial charge in [-0.05, 0) is 49.0 Å². The van der Waals surface area contributed by atoms with Crippen molar-refractivity contribution in [3.05, 3.63) is 60.4 Å². The van der Waals surface area contributed by atoms with Gasteiger partial charge in [0.15, 0.2) is 10.3 Å². The Morgan fingerprint density at radius 1 is 1.38 bits per heavy atom. The van der Waals surface area contributed by atoms with Crippen LogP contribution in [-0.4, -0.2) is 34.4 Å². The van der Waals surface area contributed by atoms with Gasteiger partial charge in [-0.3, -0.25) is 5.43 Å². The molecular formula is C18H21N5OS2. The van der Waals surface area contributed by atoms with Gasteiger partial charge in [0.1, 0.15) is 5.75 Å². The summed E-state index contributed by atoms with van der Waals surface area (Å²) in [5.41, 5.74) is 5.67. The predicted molar refractivity (Wildman–Crippen MR) is 111 cm³/mol. The largest absolute Gasteiger partial charge is 0.496 e. The number of thiocarbonyl (C=S) groups is 1. The third-order valence-corrected chi connectivity index (χ3v) is 4.49. The second kappa shape index (κ2) is 10.5. The standard InChI is InChI=1S/C18H21N5OS2/c1-4-8-19-17(25)23-22-13(2)14-6-7-16(24-3)15(11-14)12-26-18-20-9-5-10-21-18/h4-7,9-11H,1,8,12H2,2-3H3,(H2,19,23,25)/b22-13+. The Balaban J connectivity index is 2.09. The first-order valence-electron chi connectivity index (χ1n) is 7.90. The number of nitrogens with one attached hydrogen (secondary N) is 2. The summed E-state index contributed by atoms with van der Waals surface area (Å²) in [6.45, 7) is 6.14. The van der Waals surface area contributed by atoms with Crippen molar-refractivity contribution >= 4 is 34.8 Å². The van der Waals surface area contributed by atoms with Gasteiger partial charge >= 0.3 is 0 Å². The summed E-state index contributed by atoms with van der Waals surface area (Å²) in [5, 5.41) is 8.46. The van der Waals surface area contributed by atoms with E-state index in [4.69, 9.17) is 17.0 Å². The molecule has 136 valence electrons. The first-order chi connectivity index (χ1) is 12.6. The second-order valence-electron chi connectivity index (χ2n) is 5.15. The van der Waals surface area contributed by atoms with Crippen LogP contribution in [0, 0.1) is 0 Å². The molecule has 2 aromatic rings. The highest BCUT2D eigenvalue weighted by atomic mass is 32.2. The molecular weight excluding hydrogens is 366 g/mol. The number of methoxy groups -OCH3 is 1. The minimum atomic E-state index is 0.453. The van der Waals surface area contributed by atoms with Gasteiger partial charge in [-0.15, -0.1) is 6.58 Å². The maximum atomic E-state index is 5.46. The van der Waals surface area contributed by atoms with Crippen LogP contribution in [-0.2, 0) is 5.75 Å². The van der Waals surface area contributed by atoms with Crippen molar-refractivity contribution in [2.24, 2.45) is 5.10 Å². The molecule has 0 saturated carbocycles. The molecule has 6 nitrogen and oxygen atoms in total. The van der Waals surface area contributed by atoms with Crippen LogP contribution in [0.2, 0.25) is 0 Å². The maximum Gasteiger partial charge on any atom is 0.187 e. The number of aromatic nitrogens is 2. The van der Waals surface area contributed by atoms with Crippen LogP contribution >= 0.6 is 24.0 Å². The highest BCUT2D eigenvalue weighted by molar-refractivity contribution is 7.98. The third kappa shape index (κ3) is 6.12. The fraction of sp³-hybridized carbons (Fsp3) is 0.222. The van der Waals surface area contributed by atoms with Gasteiger partial charge in [-0.25, -0.2) is 9.97 Å². The van der Waals surface area contributed by atoms with E-state index in [1.807, 2.05) is 19.1 Å². The van der Waals surface area contributed by atoms with Crippen LogP contribution in [0.5, 0.6) is 5.75 Å². The normalized spacial score (nSPS) is 10.9. The van der Waals surface area contributed by atoms with E-state index < -0.39 is 0 Å². The van der Waals surface area contributed by atoms with Crippen LogP contribution in [0.4, 0.5) is 0 Å². The van der Waals surface area contributed by atoms with Crippen molar-refractivity contribution in [3.63, 3.8) is 0 Å². The van der Waals surface area contributed by atoms with E-state index in [9.17, 15) is 0 Å². The average molecular weight is 388 g/mol. The SMILES string of the molecule is C=CCNC(=S)N/N=C(\C)c1ccc(OC)c(CSc2ncccn2)c1. The highest BCUT2D eigenvalue weighted by Crippen LogP contribution is 2.27. The lowest BCUT2D eigenvalue weighted by Crippen LogP contribution is -2.32. The lowest BCUT2D eigenvalue weighted by Gasteiger charge is -2.11. The van der Waals surface area contributed by atoms with Gasteiger partial charge in [0.05, 0.1) is 12.8 Å². The summed E-state index contributed by atoms with van der Waals surface area (Å²) in [7, 11) is 1.66. The van der Waals surface area contributed by atoms with E-state index >= 15 is 0 Å². The monoisotopic (exact) mass is 387 g/mol. The molecule has 1 aromatic carbocycles. The number of hydrogen-bond donors (Lipinski definition) is 2. The summed E-state index contributed by atoms with van der Waals surface area (Å²) >= 11 is 6.69. The van der Waals surface area contributed by atoms with Crippen LogP contribution in [0.1, 0.15) is 18.1 Å². The van der Waals surface area contributed by atoms with E-state index in [0.717, 1.165) is 27.7 Å². The van der Waals surface area contributed by atoms with E-state index in [0.29, 0.717) is 17.4 Å². The fourth-order valence-corrected chi connectivity index (χ4v) is 2.93. The Morgan fingerprint density at radius 2 is 2.15 bits per heavy atom. The smallest absolute Gasteiger partial charge is 0.187 e. The number of hydrazone groups is 1. The van der Waals surface area contributed by atoms with E-state index in [1.54, 1.807) is 43.4 Å². The summed E-state index contributed by atoms with van der Waals surface area (Å²) in [5.74, 6) is 1.52. The van der Waals surface area contributed by atoms with Crippen molar-refractivity contribution in [2.45, 2.75) is 17.8 Å². The Labute approximate surface area is 163 Å². The summed E-state index contributed by atoms with van der Waals surface area (Å²) < 4.78 is 5.46. The summed E-state index contributed by atoms with van der Waals surface area (Å²) in [6.07, 6.45) is 5.19. The predicted octanol–water partition coefficient (Wildman–Crippen LogP) is 3.15. The molecule has 2 N–H and O–H groups in total. The van der Waals surface area contributed by atoms with Crippen molar-refractivity contribution in [1.29, 1.82) is 0 Å². The van der Waals surface area contributed by atoms with Crippen molar-refractivity contribution < 1.29 is 4.74 Å². The van der Waals surface area contributed by atoms with Crippen LogP contribution in [0.15, 0.2) is 59.6 Å². The molecule has 0 radical (unpaired) electrons. The molecule has 0 bridgehead atoms. The number of ether oxygens (including phenoxy) is 1. The lowest BCUT2D eigenvalue weighted by atomic mass is 10.1. The number of benzene rings is 1. The number of nitrogens with zero attached hydrogens (tertiary/aromatic N) is 3. The summed E-state index contributed by atoms with van der Waals surface area (Å²) in [6, 6.07) is 7.75. The van der Waals surface area contributed by atoms with Gasteiger partial charge < -0.3 is 10.1 Å². The lowest BCUT2D eigenvalue weighted by molar-refractivity contribution is 0.411. The quantitative estimate of drug-likeness (QED) is 0.180. The van der Waals surface area contributed by atoms with E-state index in [2.05, 4.69) is 38.5 Å². The Morgan fingerprint density at radius 3 is 2.85 bits per heavy atom. The van der Waals surface area contributed by atoms with E-state index in [-0.39, 0.29) is 0 Å². The zero-order chi connectivity index (χ0) is 18.8. The molecule has 2 rings (SSSR count). The van der Waals surface area contributed by atoms with Crippen molar-refractivity contribution in [1.82, 2.24) is 20.7 Å². The number of thioether (sulfide) groups is 1. The minimum absolute atomic E-state index is 0.453. The fourth-order valence-electron chi connectivity index (χ4n) is 2.02. The Bertz CT molecular complexity index is 780. The molecule has 0 aliphatic carbocycles. The van der Waals surface area contributed by atoms with Gasteiger partial charge in [-0.2, -0.15) is 5.10 Å². The van der Waals surface area contributed by atoms with Crippen LogP contribution in [0.25, 0.3) is 0 Å². The third-order valence-electron chi connectivity index (χ3n) is 3.33. The first-order valence-corrected chi connectivity index (χ1v) is 9.29. The molecule has 0 spiro atoms. The average Bonchev–Trinajstić information content (AvgIpc) is 2.69. The highest BCUT2D eigenvalue weighted by Gasteiger charge is 2.08. The van der Waals surface area contributed by atoms with Gasteiger partial charge in [0, 0.05) is 30.3 Å². The topological polar surface area (TPSA) is 71.4 Å². The molecule has 0 aliphatic rings. The van der Waals surface area contributed by atoms with Crippen molar-refractivity contribution in [2.75, 3.05) is 13.7 Å². The van der Waals surface area contributed by atoms with E-state index in [1.165, 1.54) is 0 Å².